The van der Waals surface area contributed by atoms with Gasteiger partial charge in [-0.1, -0.05) is 0 Å². The fraction of sp³-hybridized carbons (Fsp3) is 0.208. The average Bonchev–Trinajstić information content (AvgIpc) is 3.25. The van der Waals surface area contributed by atoms with Gasteiger partial charge in [-0.3, -0.25) is 14.6 Å². The molecule has 3 N–H and O–H groups in total. The molecular weight excluding hydrogens is 512 g/mol. The molecule has 2 amide bonds. The zero-order valence-electron chi connectivity index (χ0n) is 19.9. The zero-order chi connectivity index (χ0) is 27.6. The van der Waals surface area contributed by atoms with Gasteiger partial charge in [0.25, 0.3) is 11.8 Å². The van der Waals surface area contributed by atoms with Crippen LogP contribution in [0.25, 0.3) is 16.9 Å². The summed E-state index contributed by atoms with van der Waals surface area (Å²) in [7, 11) is 0. The highest BCUT2D eigenvalue weighted by molar-refractivity contribution is 5.96. The van der Waals surface area contributed by atoms with Gasteiger partial charge in [0, 0.05) is 17.3 Å². The van der Waals surface area contributed by atoms with E-state index in [4.69, 9.17) is 5.11 Å². The topological polar surface area (TPSA) is 131 Å². The van der Waals surface area contributed by atoms with Crippen molar-refractivity contribution in [3.8, 4) is 17.0 Å². The Hall–Kier alpha value is -4.59. The number of ether oxygens (including phenoxy) is 1. The monoisotopic (exact) mass is 532 g/mol. The van der Waals surface area contributed by atoms with Crippen LogP contribution in [-0.2, 0) is 4.79 Å². The molecule has 0 aliphatic rings. The van der Waals surface area contributed by atoms with Crippen LogP contribution >= 0.6 is 0 Å². The normalized spacial score (nSPS) is 12.3. The van der Waals surface area contributed by atoms with Crippen molar-refractivity contribution in [2.24, 2.45) is 0 Å². The second-order valence-electron chi connectivity index (χ2n) is 8.14. The van der Waals surface area contributed by atoms with Crippen molar-refractivity contribution in [3.63, 3.8) is 0 Å². The Bertz CT molecular complexity index is 1520. The Kier molecular flexibility index (Phi) is 7.26. The molecule has 0 fully saturated rings. The Morgan fingerprint density at radius 2 is 1.95 bits per heavy atom. The molecule has 0 saturated carbocycles. The molecule has 4 rings (SSSR count). The van der Waals surface area contributed by atoms with E-state index in [1.807, 2.05) is 0 Å². The minimum absolute atomic E-state index is 0.140. The van der Waals surface area contributed by atoms with Gasteiger partial charge in [-0.15, -0.1) is 13.2 Å². The van der Waals surface area contributed by atoms with E-state index in [-0.39, 0.29) is 16.9 Å². The van der Waals surface area contributed by atoms with Crippen LogP contribution in [0.15, 0.2) is 48.8 Å². The van der Waals surface area contributed by atoms with Crippen molar-refractivity contribution in [1.82, 2.24) is 24.9 Å². The number of pyridine rings is 1. The SMILES string of the molecule is Cc1ncc(-c2ccc3nc(NC(=O)CO)cn3n2)cc1C(=O)N[C@@H](C)c1cc(OC(F)(F)F)ccc1F. The van der Waals surface area contributed by atoms with Gasteiger partial charge in [0.1, 0.15) is 18.2 Å². The molecule has 0 spiro atoms. The van der Waals surface area contributed by atoms with Crippen LogP contribution in [0.2, 0.25) is 0 Å². The Morgan fingerprint density at radius 3 is 2.66 bits per heavy atom. The third-order valence-electron chi connectivity index (χ3n) is 5.37. The average molecular weight is 532 g/mol. The molecule has 1 atom stereocenters. The van der Waals surface area contributed by atoms with Gasteiger partial charge < -0.3 is 20.5 Å². The highest BCUT2D eigenvalue weighted by Gasteiger charge is 2.31. The van der Waals surface area contributed by atoms with E-state index < -0.39 is 42.4 Å². The van der Waals surface area contributed by atoms with Gasteiger partial charge in [0.15, 0.2) is 11.5 Å². The molecule has 38 heavy (non-hydrogen) atoms. The number of nitrogens with one attached hydrogen (secondary N) is 2. The first-order valence-electron chi connectivity index (χ1n) is 11.0. The number of nitrogens with zero attached hydrogens (tertiary/aromatic N) is 4. The molecular formula is C24H20F4N6O4. The number of halogens is 4. The number of carbonyl (C=O) groups excluding carboxylic acids is 2. The van der Waals surface area contributed by atoms with Crippen molar-refractivity contribution in [3.05, 3.63) is 71.4 Å². The standard InChI is InChI=1S/C24H20F4N6O4/c1-12-17(23(37)30-13(2)16-8-15(3-4-18(16)25)38-24(26,27)28)7-14(9-29-12)19-5-6-21-31-20(10-34(21)33-19)32-22(36)11-35/h3-10,13,35H,11H2,1-2H3,(H,30,37)(H,32,36)/t13-/m0/s1. The minimum Gasteiger partial charge on any atom is -0.406 e. The maximum absolute atomic E-state index is 14.3. The highest BCUT2D eigenvalue weighted by Crippen LogP contribution is 2.28. The maximum Gasteiger partial charge on any atom is 0.573 e. The highest BCUT2D eigenvalue weighted by atomic mass is 19.4. The van der Waals surface area contributed by atoms with E-state index in [2.05, 4.69) is 30.4 Å². The number of anilines is 1. The number of fused-ring (bicyclic) bond motifs is 1. The van der Waals surface area contributed by atoms with Crippen LogP contribution in [0, 0.1) is 12.7 Å². The second kappa shape index (κ2) is 10.4. The molecule has 3 heterocycles. The lowest BCUT2D eigenvalue weighted by Crippen LogP contribution is -2.28. The van der Waals surface area contributed by atoms with Gasteiger partial charge in [-0.2, -0.15) is 5.10 Å². The number of aliphatic hydroxyl groups is 1. The molecule has 3 aromatic heterocycles. The summed E-state index contributed by atoms with van der Waals surface area (Å²) in [5.74, 6) is -2.52. The van der Waals surface area contributed by atoms with Crippen LogP contribution in [-0.4, -0.2) is 49.5 Å². The van der Waals surface area contributed by atoms with Crippen LogP contribution in [0.3, 0.4) is 0 Å². The van der Waals surface area contributed by atoms with Crippen LogP contribution < -0.4 is 15.4 Å². The number of hydrogen-bond donors (Lipinski definition) is 3. The number of rotatable bonds is 7. The summed E-state index contributed by atoms with van der Waals surface area (Å²) in [5.41, 5.74) is 1.57. The summed E-state index contributed by atoms with van der Waals surface area (Å²) in [6.45, 7) is 2.30. The molecule has 0 aliphatic heterocycles. The van der Waals surface area contributed by atoms with E-state index >= 15 is 0 Å². The molecule has 4 aromatic rings. The third kappa shape index (κ3) is 6.03. The fourth-order valence-electron chi connectivity index (χ4n) is 3.58. The van der Waals surface area contributed by atoms with Gasteiger partial charge in [0.05, 0.1) is 29.2 Å². The first-order valence-corrected chi connectivity index (χ1v) is 11.0. The third-order valence-corrected chi connectivity index (χ3v) is 5.37. The molecule has 1 aromatic carbocycles. The molecule has 0 bridgehead atoms. The number of aliphatic hydroxyl groups excluding tert-OH is 1. The maximum atomic E-state index is 14.3. The van der Waals surface area contributed by atoms with Crippen molar-refractivity contribution in [2.45, 2.75) is 26.3 Å². The lowest BCUT2D eigenvalue weighted by Gasteiger charge is -2.18. The van der Waals surface area contributed by atoms with E-state index in [9.17, 15) is 27.2 Å². The lowest BCUT2D eigenvalue weighted by molar-refractivity contribution is -0.274. The summed E-state index contributed by atoms with van der Waals surface area (Å²) in [4.78, 5) is 32.8. The van der Waals surface area contributed by atoms with Crippen LogP contribution in [0.4, 0.5) is 23.4 Å². The summed E-state index contributed by atoms with van der Waals surface area (Å²) in [6, 6.07) is 6.29. The number of benzene rings is 1. The molecule has 0 aliphatic carbocycles. The van der Waals surface area contributed by atoms with Gasteiger partial charge >= 0.3 is 6.36 Å². The van der Waals surface area contributed by atoms with Gasteiger partial charge in [-0.25, -0.2) is 13.9 Å². The first kappa shape index (κ1) is 26.5. The second-order valence-corrected chi connectivity index (χ2v) is 8.14. The number of carbonyl (C=O) groups is 2. The van der Waals surface area contributed by atoms with Gasteiger partial charge in [0.2, 0.25) is 0 Å². The quantitative estimate of drug-likeness (QED) is 0.310. The molecule has 10 nitrogen and oxygen atoms in total. The molecule has 0 unspecified atom stereocenters. The minimum atomic E-state index is -4.95. The number of amides is 2. The summed E-state index contributed by atoms with van der Waals surface area (Å²) >= 11 is 0. The zero-order valence-corrected chi connectivity index (χ0v) is 19.9. The largest absolute Gasteiger partial charge is 0.573 e. The fourth-order valence-corrected chi connectivity index (χ4v) is 3.58. The van der Waals surface area contributed by atoms with Gasteiger partial charge in [-0.05, 0) is 50.2 Å². The van der Waals surface area contributed by atoms with Crippen molar-refractivity contribution < 1.29 is 37.0 Å². The predicted octanol–water partition coefficient (Wildman–Crippen LogP) is 3.56. The summed E-state index contributed by atoms with van der Waals surface area (Å²) in [5, 5.41) is 18.3. The summed E-state index contributed by atoms with van der Waals surface area (Å²) in [6.07, 6.45) is -2.02. The Morgan fingerprint density at radius 1 is 1.18 bits per heavy atom. The predicted molar refractivity (Wildman–Crippen MR) is 126 cm³/mol. The smallest absolute Gasteiger partial charge is 0.406 e. The van der Waals surface area contributed by atoms with Crippen molar-refractivity contribution in [1.29, 1.82) is 0 Å². The van der Waals surface area contributed by atoms with E-state index in [0.29, 0.717) is 22.6 Å². The van der Waals surface area contributed by atoms with Crippen LogP contribution in [0.1, 0.15) is 34.6 Å². The molecule has 0 saturated heterocycles. The van der Waals surface area contributed by atoms with E-state index in [1.165, 1.54) is 29.9 Å². The van der Waals surface area contributed by atoms with Crippen LogP contribution in [0.5, 0.6) is 5.75 Å². The van der Waals surface area contributed by atoms with E-state index in [0.717, 1.165) is 18.2 Å². The number of alkyl halides is 3. The number of aromatic nitrogens is 4. The Balaban J connectivity index is 1.57. The number of aryl methyl sites for hydroxylation is 1. The van der Waals surface area contributed by atoms with Crippen molar-refractivity contribution in [2.75, 3.05) is 11.9 Å². The molecule has 198 valence electrons. The number of hydrogen-bond acceptors (Lipinski definition) is 7. The first-order chi connectivity index (χ1) is 17.9. The number of imidazole rings is 1. The van der Waals surface area contributed by atoms with Crippen molar-refractivity contribution >= 4 is 23.3 Å². The van der Waals surface area contributed by atoms with E-state index in [1.54, 1.807) is 19.1 Å². The Labute approximate surface area is 212 Å². The lowest BCUT2D eigenvalue weighted by atomic mass is 10.0. The molecule has 0 radical (unpaired) electrons. The molecule has 14 heteroatoms. The summed E-state index contributed by atoms with van der Waals surface area (Å²) < 4.78 is 57.2.